The third-order valence-corrected chi connectivity index (χ3v) is 4.01. The van der Waals surface area contributed by atoms with E-state index in [2.05, 4.69) is 10.1 Å². The molecule has 0 unspecified atom stereocenters. The lowest BCUT2D eigenvalue weighted by atomic mass is 10.1. The summed E-state index contributed by atoms with van der Waals surface area (Å²) in [6, 6.07) is 4.63. The number of aliphatic imine (C=N–C) groups is 1. The van der Waals surface area contributed by atoms with Crippen LogP contribution in [0.5, 0.6) is 0 Å². The van der Waals surface area contributed by atoms with Crippen molar-refractivity contribution in [3.05, 3.63) is 46.2 Å². The van der Waals surface area contributed by atoms with E-state index in [-0.39, 0.29) is 11.9 Å². The van der Waals surface area contributed by atoms with Crippen molar-refractivity contribution in [1.29, 1.82) is 0 Å². The lowest BCUT2D eigenvalue weighted by Gasteiger charge is -2.11. The van der Waals surface area contributed by atoms with Crippen molar-refractivity contribution in [2.24, 2.45) is 22.2 Å². The minimum Gasteiger partial charge on any atom is -0.370 e. The van der Waals surface area contributed by atoms with Gasteiger partial charge in [0.05, 0.1) is 28.2 Å². The highest BCUT2D eigenvalue weighted by molar-refractivity contribution is 6.32. The van der Waals surface area contributed by atoms with Gasteiger partial charge in [0.25, 0.3) is 5.91 Å². The molecule has 6 N–H and O–H groups in total. The van der Waals surface area contributed by atoms with Crippen molar-refractivity contribution in [3.8, 4) is 5.69 Å². The number of amides is 2. The summed E-state index contributed by atoms with van der Waals surface area (Å²) in [6.07, 6.45) is 3.23. The van der Waals surface area contributed by atoms with Gasteiger partial charge in [0.15, 0.2) is 5.96 Å². The van der Waals surface area contributed by atoms with Gasteiger partial charge in [-0.2, -0.15) is 10.1 Å². The van der Waals surface area contributed by atoms with E-state index in [1.807, 2.05) is 0 Å². The molecular formula is C15H15ClN6O2. The first-order chi connectivity index (χ1) is 11.4. The topological polar surface area (TPSA) is 142 Å². The molecule has 2 amide bonds. The van der Waals surface area contributed by atoms with E-state index in [1.165, 1.54) is 12.3 Å². The largest absolute Gasteiger partial charge is 0.370 e. The number of carbonyl (C=O) groups is 2. The molecule has 0 aliphatic heterocycles. The number of nitrogens with two attached hydrogens (primary N) is 3. The summed E-state index contributed by atoms with van der Waals surface area (Å²) in [4.78, 5) is 27.2. The minimum absolute atomic E-state index is 0.161. The van der Waals surface area contributed by atoms with Crippen LogP contribution in [0.1, 0.15) is 45.2 Å². The molecule has 3 rings (SSSR count). The maximum atomic E-state index is 12.2. The molecule has 2 aromatic rings. The van der Waals surface area contributed by atoms with Gasteiger partial charge >= 0.3 is 0 Å². The molecule has 8 nitrogen and oxygen atoms in total. The number of primary amides is 1. The lowest BCUT2D eigenvalue weighted by molar-refractivity contribution is 0.0992. The number of rotatable bonds is 4. The molecule has 124 valence electrons. The van der Waals surface area contributed by atoms with E-state index in [4.69, 9.17) is 28.8 Å². The van der Waals surface area contributed by atoms with E-state index < -0.39 is 11.8 Å². The van der Waals surface area contributed by atoms with Crippen LogP contribution in [0, 0.1) is 0 Å². The smallest absolute Gasteiger partial charge is 0.283 e. The Balaban J connectivity index is 2.15. The number of aromatic nitrogens is 2. The van der Waals surface area contributed by atoms with Crippen molar-refractivity contribution in [1.82, 2.24) is 9.78 Å². The highest BCUT2D eigenvalue weighted by Gasteiger charge is 2.33. The zero-order valence-electron chi connectivity index (χ0n) is 12.6. The van der Waals surface area contributed by atoms with Crippen molar-refractivity contribution in [3.63, 3.8) is 0 Å². The van der Waals surface area contributed by atoms with Crippen molar-refractivity contribution in [2.75, 3.05) is 0 Å². The third-order valence-electron chi connectivity index (χ3n) is 3.69. The zero-order chi connectivity index (χ0) is 17.4. The van der Waals surface area contributed by atoms with Gasteiger partial charge in [-0.3, -0.25) is 9.59 Å². The minimum atomic E-state index is -0.579. The number of nitrogens with zero attached hydrogens (tertiary/aromatic N) is 3. The Hall–Kier alpha value is -2.87. The summed E-state index contributed by atoms with van der Waals surface area (Å²) in [5.74, 6) is -1.30. The molecule has 1 saturated carbocycles. The molecule has 0 saturated heterocycles. The van der Waals surface area contributed by atoms with Crippen LogP contribution in [0.15, 0.2) is 29.4 Å². The zero-order valence-corrected chi connectivity index (χ0v) is 13.3. The molecule has 0 bridgehead atoms. The van der Waals surface area contributed by atoms with Crippen LogP contribution in [0.2, 0.25) is 5.02 Å². The summed E-state index contributed by atoms with van der Waals surface area (Å²) in [6.45, 7) is 0. The molecule has 0 radical (unpaired) electrons. The Bertz CT molecular complexity index is 865. The summed E-state index contributed by atoms with van der Waals surface area (Å²) in [7, 11) is 0. The molecule has 9 heteroatoms. The van der Waals surface area contributed by atoms with Crippen molar-refractivity contribution >= 4 is 29.4 Å². The average molecular weight is 347 g/mol. The monoisotopic (exact) mass is 346 g/mol. The predicted molar refractivity (Wildman–Crippen MR) is 89.2 cm³/mol. The molecule has 1 aliphatic rings. The molecule has 24 heavy (non-hydrogen) atoms. The number of benzene rings is 1. The van der Waals surface area contributed by atoms with Gasteiger partial charge < -0.3 is 17.2 Å². The maximum absolute atomic E-state index is 12.2. The molecule has 0 atom stereocenters. The van der Waals surface area contributed by atoms with E-state index in [1.54, 1.807) is 16.8 Å². The van der Waals surface area contributed by atoms with Crippen LogP contribution in [-0.2, 0) is 0 Å². The molecular weight excluding hydrogens is 332 g/mol. The first-order valence-electron chi connectivity index (χ1n) is 7.20. The Labute approximate surface area is 142 Å². The standard InChI is InChI=1S/C15H15ClN6O2/c16-10-4-3-8(13(17)23)5-11(10)22-12(7-1-2-7)9(6-20-22)14(24)21-15(18)19/h3-7H,1-2H2,(H2,17,23)(H4,18,19,21,24). The van der Waals surface area contributed by atoms with Crippen molar-refractivity contribution < 1.29 is 9.59 Å². The molecule has 1 aromatic heterocycles. The molecule has 1 heterocycles. The Morgan fingerprint density at radius 2 is 1.96 bits per heavy atom. The van der Waals surface area contributed by atoms with E-state index in [0.717, 1.165) is 12.8 Å². The van der Waals surface area contributed by atoms with Crippen LogP contribution in [0.25, 0.3) is 5.69 Å². The lowest BCUT2D eigenvalue weighted by Crippen LogP contribution is -2.24. The molecule has 1 aromatic carbocycles. The SMILES string of the molecule is NC(=O)c1ccc(Cl)c(-n2ncc(C(=O)N=C(N)N)c2C2CC2)c1. The van der Waals surface area contributed by atoms with Gasteiger partial charge in [-0.25, -0.2) is 4.68 Å². The summed E-state index contributed by atoms with van der Waals surface area (Å²) in [5, 5.41) is 4.63. The van der Waals surface area contributed by atoms with Gasteiger partial charge in [0.1, 0.15) is 0 Å². The number of hydrogen-bond donors (Lipinski definition) is 3. The van der Waals surface area contributed by atoms with Gasteiger partial charge in [0.2, 0.25) is 5.91 Å². The summed E-state index contributed by atoms with van der Waals surface area (Å²) in [5.41, 5.74) is 17.6. The Morgan fingerprint density at radius 1 is 1.25 bits per heavy atom. The molecule has 1 fully saturated rings. The second-order valence-electron chi connectivity index (χ2n) is 5.50. The highest BCUT2D eigenvalue weighted by Crippen LogP contribution is 2.43. The third kappa shape index (κ3) is 2.95. The maximum Gasteiger partial charge on any atom is 0.283 e. The average Bonchev–Trinajstić information content (AvgIpc) is 3.25. The van der Waals surface area contributed by atoms with E-state index in [9.17, 15) is 9.59 Å². The fourth-order valence-electron chi connectivity index (χ4n) is 2.47. The van der Waals surface area contributed by atoms with Gasteiger partial charge in [-0.05, 0) is 31.0 Å². The van der Waals surface area contributed by atoms with Crippen LogP contribution in [0.4, 0.5) is 0 Å². The number of guanidine groups is 1. The Kier molecular flexibility index (Phi) is 3.98. The van der Waals surface area contributed by atoms with Crippen LogP contribution in [-0.4, -0.2) is 27.6 Å². The van der Waals surface area contributed by atoms with E-state index >= 15 is 0 Å². The molecule has 1 aliphatic carbocycles. The molecule has 0 spiro atoms. The number of halogens is 1. The first kappa shape index (κ1) is 16.0. The highest BCUT2D eigenvalue weighted by atomic mass is 35.5. The normalized spacial score (nSPS) is 13.5. The second kappa shape index (κ2) is 5.97. The first-order valence-corrected chi connectivity index (χ1v) is 7.58. The van der Waals surface area contributed by atoms with Gasteiger partial charge in [-0.15, -0.1) is 0 Å². The predicted octanol–water partition coefficient (Wildman–Crippen LogP) is 0.916. The van der Waals surface area contributed by atoms with Crippen LogP contribution in [0.3, 0.4) is 0 Å². The van der Waals surface area contributed by atoms with Gasteiger partial charge in [-0.1, -0.05) is 11.6 Å². The summed E-state index contributed by atoms with van der Waals surface area (Å²) >= 11 is 6.24. The van der Waals surface area contributed by atoms with Gasteiger partial charge in [0, 0.05) is 11.5 Å². The number of hydrogen-bond acceptors (Lipinski definition) is 3. The quantitative estimate of drug-likeness (QED) is 0.557. The van der Waals surface area contributed by atoms with Crippen LogP contribution >= 0.6 is 11.6 Å². The fourth-order valence-corrected chi connectivity index (χ4v) is 2.67. The van der Waals surface area contributed by atoms with E-state index in [0.29, 0.717) is 27.5 Å². The van der Waals surface area contributed by atoms with Crippen molar-refractivity contribution in [2.45, 2.75) is 18.8 Å². The fraction of sp³-hybridized carbons (Fsp3) is 0.200. The second-order valence-corrected chi connectivity index (χ2v) is 5.91. The Morgan fingerprint density at radius 3 is 2.54 bits per heavy atom. The van der Waals surface area contributed by atoms with Crippen LogP contribution < -0.4 is 17.2 Å². The number of carbonyl (C=O) groups excluding carboxylic acids is 2. The summed E-state index contributed by atoms with van der Waals surface area (Å²) < 4.78 is 1.54.